The third-order valence-corrected chi connectivity index (χ3v) is 15.0. The van der Waals surface area contributed by atoms with Crippen molar-refractivity contribution in [3.8, 4) is 0 Å². The van der Waals surface area contributed by atoms with Crippen molar-refractivity contribution < 1.29 is 174 Å². The molecule has 0 aromatic rings. The second kappa shape index (κ2) is 29.8. The molecule has 0 saturated carbocycles. The van der Waals surface area contributed by atoms with E-state index < -0.39 is 273 Å². The molecule has 38 nitrogen and oxygen atoms in total. The van der Waals surface area contributed by atoms with Gasteiger partial charge in [-0.3, -0.25) is 0 Å². The molecule has 0 aliphatic carbocycles. The molecular weight excluding hydrogens is 1130 g/mol. The standard InChI is InChI=1S/C44H79N3O35/c45-10(2-48)21(57)22(58)13(56)8-71-38-19(46)27(63)26(62)18(77-38)9-72-44(43(69)70)1-11(54)33(34(82-44)12(55)3-49)78-42-37(81-40-31(67)29(65)24(60)15(5-51)74-40)32(68)35(17(7-53)76-42)79-41-36(30(66)25(61)16(6-52)75-41)80-39-20(47)28(64)23(59)14(4-50)73-39/h10-42,48-68H,1-9,45-47H2,(H,69,70)/t10-,11+,12+,13+,14+,15+,16+,17+,18+,19+,20+,21+,22+,23-,24+,25+,26+,27+,28+,29-,30-,31+,32-,33+,34+,35+,36-,37-,38+,39+,40-,41-,42+,44+/m0/s1. The predicted octanol–water partition coefficient (Wildman–Crippen LogP) is -16.9. The van der Waals surface area contributed by atoms with Crippen LogP contribution in [0.3, 0.4) is 0 Å². The number of aliphatic carboxylic acids is 1. The zero-order valence-electron chi connectivity index (χ0n) is 43.3. The largest absolute Gasteiger partial charge is 0.477 e. The van der Waals surface area contributed by atoms with E-state index in [-0.39, 0.29) is 0 Å². The summed E-state index contributed by atoms with van der Waals surface area (Å²) in [6.07, 6.45) is -61.7. The van der Waals surface area contributed by atoms with Gasteiger partial charge in [0.25, 0.3) is 5.79 Å². The van der Waals surface area contributed by atoms with Crippen LogP contribution in [0.4, 0.5) is 0 Å². The van der Waals surface area contributed by atoms with Crippen LogP contribution in [0.15, 0.2) is 0 Å². The fraction of sp³-hybridized carbons (Fsp3) is 0.977. The number of ether oxygens (including phenoxy) is 12. The van der Waals surface area contributed by atoms with Gasteiger partial charge >= 0.3 is 5.97 Å². The molecule has 0 aromatic heterocycles. The molecule has 34 atom stereocenters. The van der Waals surface area contributed by atoms with Gasteiger partial charge in [-0.25, -0.2) is 4.79 Å². The van der Waals surface area contributed by atoms with Gasteiger partial charge in [0, 0.05) is 6.42 Å². The van der Waals surface area contributed by atoms with Crippen molar-refractivity contribution in [2.24, 2.45) is 17.2 Å². The fourth-order valence-electron chi connectivity index (χ4n) is 9.95. The van der Waals surface area contributed by atoms with E-state index in [0.717, 1.165) is 0 Å². The van der Waals surface area contributed by atoms with E-state index >= 15 is 0 Å². The van der Waals surface area contributed by atoms with Crippen molar-refractivity contribution in [2.75, 3.05) is 52.9 Å². The van der Waals surface area contributed by atoms with E-state index in [0.29, 0.717) is 0 Å². The van der Waals surface area contributed by atoms with E-state index in [2.05, 4.69) is 0 Å². The van der Waals surface area contributed by atoms with Gasteiger partial charge in [-0.15, -0.1) is 0 Å². The number of carboxylic acid groups (broad SMARTS) is 1. The van der Waals surface area contributed by atoms with Gasteiger partial charge in [0.2, 0.25) is 0 Å². The van der Waals surface area contributed by atoms with Gasteiger partial charge in [0.15, 0.2) is 31.5 Å². The lowest BCUT2D eigenvalue weighted by Gasteiger charge is -2.51. The van der Waals surface area contributed by atoms with Gasteiger partial charge in [-0.05, 0) is 0 Å². The Hall–Kier alpha value is -1.97. The zero-order chi connectivity index (χ0) is 61.0. The number of carboxylic acids is 1. The molecule has 0 spiro atoms. The Morgan fingerprint density at radius 1 is 0.500 bits per heavy atom. The summed E-state index contributed by atoms with van der Waals surface area (Å²) in [4.78, 5) is 13.1. The average molecular weight is 1210 g/mol. The van der Waals surface area contributed by atoms with Crippen molar-refractivity contribution in [3.05, 3.63) is 0 Å². The molecule has 0 amide bonds. The first kappa shape index (κ1) is 69.1. The van der Waals surface area contributed by atoms with Crippen LogP contribution in [0.2, 0.25) is 0 Å². The highest BCUT2D eigenvalue weighted by Crippen LogP contribution is 2.40. The first-order chi connectivity index (χ1) is 38.6. The molecule has 82 heavy (non-hydrogen) atoms. The van der Waals surface area contributed by atoms with Gasteiger partial charge in [-0.1, -0.05) is 0 Å². The molecular formula is C44H79N3O35. The number of nitrogens with two attached hydrogens (primary N) is 3. The molecule has 6 saturated heterocycles. The Kier molecular flexibility index (Phi) is 25.1. The maximum absolute atomic E-state index is 13.1. The van der Waals surface area contributed by atoms with Crippen molar-refractivity contribution >= 4 is 5.97 Å². The summed E-state index contributed by atoms with van der Waals surface area (Å²) in [5, 5.41) is 234. The maximum Gasteiger partial charge on any atom is 0.364 e. The lowest BCUT2D eigenvalue weighted by atomic mass is 9.91. The summed E-state index contributed by atoms with van der Waals surface area (Å²) in [5.41, 5.74) is 17.5. The van der Waals surface area contributed by atoms with Crippen LogP contribution in [-0.2, 0) is 61.6 Å². The van der Waals surface area contributed by atoms with Crippen LogP contribution < -0.4 is 17.2 Å². The van der Waals surface area contributed by atoms with E-state index in [4.69, 9.17) is 74.0 Å². The Balaban J connectivity index is 1.27. The molecule has 480 valence electrons. The second-order valence-corrected chi connectivity index (χ2v) is 20.6. The molecule has 0 bridgehead atoms. The minimum atomic E-state index is -3.12. The van der Waals surface area contributed by atoms with E-state index in [1.54, 1.807) is 0 Å². The third kappa shape index (κ3) is 14.8. The number of carbonyl (C=O) groups is 1. The minimum Gasteiger partial charge on any atom is -0.477 e. The van der Waals surface area contributed by atoms with Crippen LogP contribution >= 0.6 is 0 Å². The molecule has 0 unspecified atom stereocenters. The zero-order valence-corrected chi connectivity index (χ0v) is 43.3. The van der Waals surface area contributed by atoms with Gasteiger partial charge < -0.3 is 186 Å². The molecule has 6 aliphatic heterocycles. The van der Waals surface area contributed by atoms with E-state index in [1.807, 2.05) is 0 Å². The fourth-order valence-corrected chi connectivity index (χ4v) is 9.95. The van der Waals surface area contributed by atoms with Crippen LogP contribution in [0.1, 0.15) is 6.42 Å². The smallest absolute Gasteiger partial charge is 0.364 e. The summed E-state index contributed by atoms with van der Waals surface area (Å²) in [6, 6.07) is -4.64. The average Bonchev–Trinajstić information content (AvgIpc) is 3.67. The summed E-state index contributed by atoms with van der Waals surface area (Å²) < 4.78 is 68.8. The molecule has 38 heteroatoms. The predicted molar refractivity (Wildman–Crippen MR) is 251 cm³/mol. The Morgan fingerprint density at radius 2 is 0.951 bits per heavy atom. The number of hydrogen-bond acceptors (Lipinski definition) is 37. The first-order valence-corrected chi connectivity index (χ1v) is 25.8. The van der Waals surface area contributed by atoms with Crippen LogP contribution in [-0.4, -0.2) is 379 Å². The van der Waals surface area contributed by atoms with Crippen molar-refractivity contribution in [2.45, 2.75) is 214 Å². The van der Waals surface area contributed by atoms with Crippen molar-refractivity contribution in [1.29, 1.82) is 0 Å². The Morgan fingerprint density at radius 3 is 1.50 bits per heavy atom. The Labute approximate surface area is 463 Å². The maximum atomic E-state index is 13.1. The van der Waals surface area contributed by atoms with Crippen LogP contribution in [0.25, 0.3) is 0 Å². The molecule has 28 N–H and O–H groups in total. The van der Waals surface area contributed by atoms with Gasteiger partial charge in [0.05, 0.1) is 83.2 Å². The van der Waals surface area contributed by atoms with Crippen LogP contribution in [0, 0.1) is 0 Å². The second-order valence-electron chi connectivity index (χ2n) is 20.6. The monoisotopic (exact) mass is 1210 g/mol. The van der Waals surface area contributed by atoms with E-state index in [9.17, 15) is 117 Å². The SMILES string of the molecule is N[C@H]1[C@@H](O[C@@H]2[C@H](O[C@H]3[C@H](O)[C@H](O[C@@H]4O[C@H](CO)[C@@H](O)[C@H](O)[C@H]4O)[C@@H](O[C@H]4[C@@H]([C@H](O)CO)O[C@@](OC[C@H]5O[C@@H](OC[C@@H](O)[C@@H](O)[C@H](O)[C@@H](N)CO)[C@H](N)[C@@H](O)[C@@H]5O)(C(=O)O)C[C@H]4O)O[C@@H]3CO)O[C@H](CO)[C@@H](O)[C@@H]2O)O[C@H](CO)[C@H](O)[C@@H]1O. The number of aliphatic hydroxyl groups excluding tert-OH is 21. The lowest BCUT2D eigenvalue weighted by molar-refractivity contribution is -0.409. The number of aliphatic hydroxyl groups is 21. The summed E-state index contributed by atoms with van der Waals surface area (Å²) in [5.74, 6) is -5.17. The van der Waals surface area contributed by atoms with E-state index in [1.165, 1.54) is 0 Å². The molecule has 6 heterocycles. The first-order valence-electron chi connectivity index (χ1n) is 25.8. The van der Waals surface area contributed by atoms with Gasteiger partial charge in [-0.2, -0.15) is 0 Å². The molecule has 6 rings (SSSR count). The van der Waals surface area contributed by atoms with Crippen molar-refractivity contribution in [1.82, 2.24) is 0 Å². The highest BCUT2D eigenvalue weighted by Gasteiger charge is 2.60. The van der Waals surface area contributed by atoms with Gasteiger partial charge in [0.1, 0.15) is 140 Å². The summed E-state index contributed by atoms with van der Waals surface area (Å²) in [6.45, 7) is -8.20. The molecule has 6 fully saturated rings. The summed E-state index contributed by atoms with van der Waals surface area (Å²) >= 11 is 0. The Bertz CT molecular complexity index is 1950. The lowest BCUT2D eigenvalue weighted by Crippen LogP contribution is -2.69. The quantitative estimate of drug-likeness (QED) is 0.0404. The topological polar surface area (TPSA) is 651 Å². The highest BCUT2D eigenvalue weighted by molar-refractivity contribution is 5.76. The number of rotatable bonds is 25. The molecule has 0 aromatic carbocycles. The highest BCUT2D eigenvalue weighted by atomic mass is 16.8. The molecule has 6 aliphatic rings. The molecule has 0 radical (unpaired) electrons. The van der Waals surface area contributed by atoms with Crippen LogP contribution in [0.5, 0.6) is 0 Å². The normalized spacial score (nSPS) is 47.8. The number of hydrogen-bond donors (Lipinski definition) is 25. The third-order valence-electron chi connectivity index (χ3n) is 15.0. The van der Waals surface area contributed by atoms with Crippen molar-refractivity contribution in [3.63, 3.8) is 0 Å². The minimum absolute atomic E-state index is 0.790. The summed E-state index contributed by atoms with van der Waals surface area (Å²) in [7, 11) is 0.